The lowest BCUT2D eigenvalue weighted by Gasteiger charge is -2.48. The standard InChI is InChI=1S/C49H50N4O3S/c1-8-24-52(25-9-2)36-18-14-32(15-19-36)16-20-37-29-34(43(50-7)46-51-40-12-10-11-13-41(40)57-46)30-38(55-37)21-17-33-28-35-31-39-44-42(45(35)56-47(33)54)49(5,6)23-27-53(44)26-22-48(39,3)4/h10-21,28-31H,8-9,22-27H2,1-6H3/b20-16+,21-17+,43-34-. The predicted molar refractivity (Wildman–Crippen MR) is 238 cm³/mol. The summed E-state index contributed by atoms with van der Waals surface area (Å²) < 4.78 is 13.7. The van der Waals surface area contributed by atoms with Crippen molar-refractivity contribution in [1.29, 1.82) is 0 Å². The van der Waals surface area contributed by atoms with Gasteiger partial charge in [0.25, 0.3) is 0 Å². The van der Waals surface area contributed by atoms with Gasteiger partial charge in [0.05, 0.1) is 22.4 Å². The van der Waals surface area contributed by atoms with Gasteiger partial charge in [-0.1, -0.05) is 71.9 Å². The molecule has 0 N–H and O–H groups in total. The van der Waals surface area contributed by atoms with Crippen molar-refractivity contribution in [1.82, 2.24) is 4.98 Å². The number of fused-ring (bicyclic) bond motifs is 3. The molecule has 0 radical (unpaired) electrons. The number of anilines is 2. The Morgan fingerprint density at radius 1 is 0.912 bits per heavy atom. The zero-order valence-corrected chi connectivity index (χ0v) is 34.6. The molecule has 8 heteroatoms. The lowest BCUT2D eigenvalue weighted by molar-refractivity contribution is 0.332. The number of benzene rings is 3. The van der Waals surface area contributed by atoms with E-state index in [-0.39, 0.29) is 10.8 Å². The van der Waals surface area contributed by atoms with Crippen LogP contribution in [0.25, 0.3) is 43.9 Å². The largest absolute Gasteiger partial charge is 0.457 e. The van der Waals surface area contributed by atoms with Crippen molar-refractivity contribution in [3.63, 3.8) is 0 Å². The summed E-state index contributed by atoms with van der Waals surface area (Å²) >= 11 is 1.50. The van der Waals surface area contributed by atoms with Gasteiger partial charge in [0.2, 0.25) is 5.70 Å². The van der Waals surface area contributed by atoms with Gasteiger partial charge in [-0.05, 0) is 120 Å². The highest BCUT2D eigenvalue weighted by Gasteiger charge is 2.42. The van der Waals surface area contributed by atoms with Gasteiger partial charge in [0.1, 0.15) is 22.1 Å². The molecule has 0 saturated carbocycles. The molecule has 0 unspecified atom stereocenters. The van der Waals surface area contributed by atoms with E-state index in [1.807, 2.05) is 54.6 Å². The van der Waals surface area contributed by atoms with E-state index in [2.05, 4.69) is 86.5 Å². The van der Waals surface area contributed by atoms with Crippen molar-refractivity contribution in [3.8, 4) is 0 Å². The molecule has 0 amide bonds. The molecule has 3 aromatic carbocycles. The van der Waals surface area contributed by atoms with E-state index in [4.69, 9.17) is 20.7 Å². The van der Waals surface area contributed by atoms with Gasteiger partial charge >= 0.3 is 5.63 Å². The van der Waals surface area contributed by atoms with E-state index in [1.54, 1.807) is 12.2 Å². The van der Waals surface area contributed by atoms with Crippen molar-refractivity contribution >= 4 is 61.7 Å². The van der Waals surface area contributed by atoms with Gasteiger partial charge in [0, 0.05) is 48.5 Å². The van der Waals surface area contributed by atoms with E-state index < -0.39 is 5.63 Å². The van der Waals surface area contributed by atoms with Crippen LogP contribution in [0, 0.1) is 6.57 Å². The summed E-state index contributed by atoms with van der Waals surface area (Å²) in [6, 6.07) is 20.7. The van der Waals surface area contributed by atoms with Crippen LogP contribution in [0.5, 0.6) is 0 Å². The lowest BCUT2D eigenvalue weighted by atomic mass is 9.69. The van der Waals surface area contributed by atoms with Gasteiger partial charge < -0.3 is 19.0 Å². The average molecular weight is 775 g/mol. The Bertz CT molecular complexity index is 2590. The van der Waals surface area contributed by atoms with Gasteiger partial charge in [-0.15, -0.1) is 11.3 Å². The number of para-hydroxylation sites is 1. The number of allylic oxidation sites excluding steroid dienone is 5. The maximum atomic E-state index is 13.8. The number of aromatic nitrogens is 1. The van der Waals surface area contributed by atoms with Gasteiger partial charge in [-0.25, -0.2) is 14.6 Å². The van der Waals surface area contributed by atoms with Gasteiger partial charge in [-0.3, -0.25) is 0 Å². The average Bonchev–Trinajstić information content (AvgIpc) is 3.62. The Kier molecular flexibility index (Phi) is 10.3. The Balaban J connectivity index is 1.17. The van der Waals surface area contributed by atoms with Crippen molar-refractivity contribution in [2.75, 3.05) is 36.0 Å². The molecule has 5 heterocycles. The molecule has 0 aliphatic carbocycles. The fourth-order valence-corrected chi connectivity index (χ4v) is 9.37. The summed E-state index contributed by atoms with van der Waals surface area (Å²) in [4.78, 5) is 27.5. The number of hydrogen-bond donors (Lipinski definition) is 0. The van der Waals surface area contributed by atoms with E-state index in [0.29, 0.717) is 38.9 Å². The fourth-order valence-electron chi connectivity index (χ4n) is 8.39. The first-order valence-electron chi connectivity index (χ1n) is 20.2. The minimum absolute atomic E-state index is 0.00441. The summed E-state index contributed by atoms with van der Waals surface area (Å²) in [5.41, 5.74) is 8.56. The molecular formula is C49H50N4O3S. The molecule has 7 nitrogen and oxygen atoms in total. The van der Waals surface area contributed by atoms with Gasteiger partial charge in [0.15, 0.2) is 0 Å². The third-order valence-electron chi connectivity index (χ3n) is 11.6. The summed E-state index contributed by atoms with van der Waals surface area (Å²) in [6.45, 7) is 25.9. The second-order valence-corrected chi connectivity index (χ2v) is 17.7. The molecule has 5 aromatic rings. The van der Waals surface area contributed by atoms with Gasteiger partial charge in [-0.2, -0.15) is 0 Å². The quantitative estimate of drug-likeness (QED) is 0.104. The second-order valence-electron chi connectivity index (χ2n) is 16.7. The molecule has 3 aliphatic heterocycles. The molecule has 0 spiro atoms. The van der Waals surface area contributed by atoms with E-state index in [1.165, 1.54) is 28.3 Å². The molecule has 8 rings (SSSR count). The number of ether oxygens (including phenoxy) is 1. The molecule has 0 saturated heterocycles. The molecule has 2 aromatic heterocycles. The smallest absolute Gasteiger partial charge is 0.343 e. The molecule has 0 fully saturated rings. The normalized spacial score (nSPS) is 18.0. The number of hydrogen-bond acceptors (Lipinski definition) is 7. The Morgan fingerprint density at radius 2 is 1.60 bits per heavy atom. The minimum Gasteiger partial charge on any atom is -0.457 e. The number of thiazole rings is 1. The third-order valence-corrected chi connectivity index (χ3v) is 12.6. The third kappa shape index (κ3) is 7.49. The second kappa shape index (κ2) is 15.4. The van der Waals surface area contributed by atoms with Crippen LogP contribution < -0.4 is 15.4 Å². The highest BCUT2D eigenvalue weighted by molar-refractivity contribution is 7.19. The summed E-state index contributed by atoms with van der Waals surface area (Å²) in [7, 11) is 0. The summed E-state index contributed by atoms with van der Waals surface area (Å²) in [5.74, 6) is 1.07. The first-order chi connectivity index (χ1) is 27.5. The minimum atomic E-state index is -0.392. The Morgan fingerprint density at radius 3 is 2.28 bits per heavy atom. The summed E-state index contributed by atoms with van der Waals surface area (Å²) in [5, 5.41) is 1.58. The number of rotatable bonds is 10. The summed E-state index contributed by atoms with van der Waals surface area (Å²) in [6.07, 6.45) is 15.5. The van der Waals surface area contributed by atoms with Crippen LogP contribution in [0.3, 0.4) is 0 Å². The molecule has 3 aliphatic rings. The van der Waals surface area contributed by atoms with Crippen LogP contribution in [0.2, 0.25) is 0 Å². The van der Waals surface area contributed by atoms with Crippen LogP contribution in [0.15, 0.2) is 111 Å². The maximum Gasteiger partial charge on any atom is 0.343 e. The Hall–Kier alpha value is -5.65. The van der Waals surface area contributed by atoms with E-state index in [9.17, 15) is 4.79 Å². The highest BCUT2D eigenvalue weighted by Crippen LogP contribution is 2.51. The molecule has 0 atom stereocenters. The van der Waals surface area contributed by atoms with Crippen LogP contribution in [-0.2, 0) is 15.6 Å². The maximum absolute atomic E-state index is 13.8. The highest BCUT2D eigenvalue weighted by atomic mass is 32.1. The first kappa shape index (κ1) is 38.2. The molecule has 290 valence electrons. The van der Waals surface area contributed by atoms with Crippen molar-refractivity contribution < 1.29 is 9.15 Å². The zero-order chi connectivity index (χ0) is 39.9. The zero-order valence-electron chi connectivity index (χ0n) is 33.8. The fraction of sp³-hybridized carbons (Fsp3) is 0.327. The van der Waals surface area contributed by atoms with Crippen LogP contribution >= 0.6 is 11.3 Å². The number of nitrogens with zero attached hydrogens (tertiary/aromatic N) is 4. The van der Waals surface area contributed by atoms with Crippen LogP contribution in [0.4, 0.5) is 11.4 Å². The van der Waals surface area contributed by atoms with Crippen molar-refractivity contribution in [3.05, 3.63) is 151 Å². The Labute approximate surface area is 339 Å². The monoisotopic (exact) mass is 774 g/mol. The molecular weight excluding hydrogens is 725 g/mol. The van der Waals surface area contributed by atoms with Crippen molar-refractivity contribution in [2.24, 2.45) is 0 Å². The van der Waals surface area contributed by atoms with Crippen molar-refractivity contribution in [2.45, 2.75) is 78.1 Å². The topological polar surface area (TPSA) is 63.2 Å². The first-order valence-corrected chi connectivity index (χ1v) is 21.0. The molecule has 0 bridgehead atoms. The van der Waals surface area contributed by atoms with Crippen LogP contribution in [-0.4, -0.2) is 31.2 Å². The molecule has 57 heavy (non-hydrogen) atoms. The predicted octanol–water partition coefficient (Wildman–Crippen LogP) is 12.1. The van der Waals surface area contributed by atoms with Crippen LogP contribution in [0.1, 0.15) is 94.5 Å². The van der Waals surface area contributed by atoms with E-state index >= 15 is 0 Å². The van der Waals surface area contributed by atoms with E-state index in [0.717, 1.165) is 78.6 Å². The SMILES string of the molecule is [C-]#[N+]/C(=C1C=C(/C=C/c2ccc(N(CCC)CCC)cc2)OC(/C=C/c2cc3cc4c5c(c3oc2=O)C(C)(C)CCN5CCC4(C)C)=C/1)c1nc2ccccc2s1. The lowest BCUT2D eigenvalue weighted by Crippen LogP contribution is -2.44.